The topological polar surface area (TPSA) is 29.5 Å². The molecule has 1 aliphatic rings. The molecular formula is C12H13Cl2NO2. The molecular weight excluding hydrogens is 261 g/mol. The summed E-state index contributed by atoms with van der Waals surface area (Å²) < 4.78 is 5.49. The van der Waals surface area contributed by atoms with E-state index in [0.717, 1.165) is 5.69 Å². The summed E-state index contributed by atoms with van der Waals surface area (Å²) in [6.07, 6.45) is 0.371. The van der Waals surface area contributed by atoms with E-state index in [0.29, 0.717) is 30.3 Å². The van der Waals surface area contributed by atoms with E-state index in [1.54, 1.807) is 23.1 Å². The van der Waals surface area contributed by atoms with E-state index in [2.05, 4.69) is 0 Å². The minimum atomic E-state index is -0.132. The normalized spacial score (nSPS) is 19.8. The Balaban J connectivity index is 2.34. The van der Waals surface area contributed by atoms with E-state index in [1.165, 1.54) is 0 Å². The van der Waals surface area contributed by atoms with Crippen LogP contribution >= 0.6 is 23.2 Å². The lowest BCUT2D eigenvalue weighted by Crippen LogP contribution is -2.25. The second kappa shape index (κ2) is 5.15. The predicted octanol–water partition coefficient (Wildman–Crippen LogP) is 3.08. The van der Waals surface area contributed by atoms with Crippen LogP contribution < -0.4 is 9.64 Å². The molecule has 1 aliphatic heterocycles. The first-order valence-electron chi connectivity index (χ1n) is 5.48. The van der Waals surface area contributed by atoms with Gasteiger partial charge in [0.2, 0.25) is 5.91 Å². The molecule has 0 saturated carbocycles. The summed E-state index contributed by atoms with van der Waals surface area (Å²) in [6.45, 7) is 2.93. The molecule has 2 rings (SSSR count). The molecule has 1 fully saturated rings. The lowest BCUT2D eigenvalue weighted by atomic mass is 10.2. The Hall–Kier alpha value is -0.930. The van der Waals surface area contributed by atoms with Crippen molar-refractivity contribution < 1.29 is 9.53 Å². The minimum Gasteiger partial charge on any atom is -0.492 e. The van der Waals surface area contributed by atoms with Crippen molar-refractivity contribution >= 4 is 34.8 Å². The number of carbonyl (C=O) groups is 1. The van der Waals surface area contributed by atoms with Crippen LogP contribution in [0.25, 0.3) is 0 Å². The van der Waals surface area contributed by atoms with Crippen molar-refractivity contribution in [1.82, 2.24) is 0 Å². The molecule has 92 valence electrons. The molecule has 1 atom stereocenters. The third-order valence-electron chi connectivity index (χ3n) is 2.59. The van der Waals surface area contributed by atoms with Crippen molar-refractivity contribution in [3.8, 4) is 5.75 Å². The van der Waals surface area contributed by atoms with E-state index in [1.807, 2.05) is 6.92 Å². The molecule has 1 aromatic carbocycles. The predicted molar refractivity (Wildman–Crippen MR) is 69.2 cm³/mol. The highest BCUT2D eigenvalue weighted by Crippen LogP contribution is 2.34. The Bertz CT molecular complexity index is 437. The van der Waals surface area contributed by atoms with Crippen LogP contribution in [0.15, 0.2) is 18.2 Å². The van der Waals surface area contributed by atoms with Crippen molar-refractivity contribution in [2.75, 3.05) is 18.1 Å². The van der Waals surface area contributed by atoms with E-state index in [4.69, 9.17) is 27.9 Å². The summed E-state index contributed by atoms with van der Waals surface area (Å²) in [5.74, 6) is 0.646. The van der Waals surface area contributed by atoms with Gasteiger partial charge in [0.25, 0.3) is 0 Å². The first-order chi connectivity index (χ1) is 8.11. The maximum Gasteiger partial charge on any atom is 0.228 e. The first kappa shape index (κ1) is 12.5. The molecule has 0 bridgehead atoms. The summed E-state index contributed by atoms with van der Waals surface area (Å²) >= 11 is 11.9. The molecule has 17 heavy (non-hydrogen) atoms. The Kier molecular flexibility index (Phi) is 3.79. The number of benzene rings is 1. The molecule has 3 nitrogen and oxygen atoms in total. The summed E-state index contributed by atoms with van der Waals surface area (Å²) in [5, 5.41) is 0.457. The summed E-state index contributed by atoms with van der Waals surface area (Å²) in [4.78, 5) is 13.4. The van der Waals surface area contributed by atoms with Gasteiger partial charge in [-0.1, -0.05) is 11.6 Å². The molecule has 1 heterocycles. The molecule has 0 aromatic heterocycles. The van der Waals surface area contributed by atoms with E-state index < -0.39 is 0 Å². The molecule has 0 N–H and O–H groups in total. The van der Waals surface area contributed by atoms with E-state index in [-0.39, 0.29) is 11.3 Å². The number of halogens is 2. The highest BCUT2D eigenvalue weighted by atomic mass is 35.5. The maximum absolute atomic E-state index is 11.8. The smallest absolute Gasteiger partial charge is 0.228 e. The Morgan fingerprint density at radius 3 is 2.88 bits per heavy atom. The number of hydrogen-bond donors (Lipinski definition) is 0. The number of hydrogen-bond acceptors (Lipinski definition) is 2. The van der Waals surface area contributed by atoms with Gasteiger partial charge in [-0.05, 0) is 19.1 Å². The van der Waals surface area contributed by atoms with Crippen LogP contribution in [0.5, 0.6) is 5.75 Å². The van der Waals surface area contributed by atoms with Gasteiger partial charge in [-0.2, -0.15) is 0 Å². The van der Waals surface area contributed by atoms with Crippen LogP contribution in [0, 0.1) is 0 Å². The zero-order valence-corrected chi connectivity index (χ0v) is 11.0. The summed E-state index contributed by atoms with van der Waals surface area (Å²) in [6, 6.07) is 5.25. The standard InChI is InChI=1S/C12H13Cl2NO2/c1-2-17-11-5-8(13)3-4-10(11)15-7-9(14)6-12(15)16/h3-5,9H,2,6-7H2,1H3. The molecule has 5 heteroatoms. The molecule has 1 amide bonds. The lowest BCUT2D eigenvalue weighted by molar-refractivity contribution is -0.117. The fraction of sp³-hybridized carbons (Fsp3) is 0.417. The van der Waals surface area contributed by atoms with E-state index >= 15 is 0 Å². The van der Waals surface area contributed by atoms with Gasteiger partial charge in [-0.25, -0.2) is 0 Å². The Morgan fingerprint density at radius 1 is 1.53 bits per heavy atom. The first-order valence-corrected chi connectivity index (χ1v) is 6.30. The average molecular weight is 274 g/mol. The van der Waals surface area contributed by atoms with Gasteiger partial charge in [0.05, 0.1) is 17.7 Å². The Morgan fingerprint density at radius 2 is 2.29 bits per heavy atom. The maximum atomic E-state index is 11.8. The van der Waals surface area contributed by atoms with Crippen LogP contribution in [0.3, 0.4) is 0 Å². The van der Waals surface area contributed by atoms with Crippen LogP contribution in [0.4, 0.5) is 5.69 Å². The van der Waals surface area contributed by atoms with Gasteiger partial charge in [0.15, 0.2) is 0 Å². The Labute approximate surface area is 110 Å². The van der Waals surface area contributed by atoms with Crippen LogP contribution in [0.2, 0.25) is 5.02 Å². The van der Waals surface area contributed by atoms with Crippen molar-refractivity contribution in [1.29, 1.82) is 0 Å². The fourth-order valence-electron chi connectivity index (χ4n) is 1.88. The SMILES string of the molecule is CCOc1cc(Cl)ccc1N1CC(Cl)CC1=O. The monoisotopic (exact) mass is 273 g/mol. The van der Waals surface area contributed by atoms with Crippen molar-refractivity contribution in [2.45, 2.75) is 18.7 Å². The number of alkyl halides is 1. The number of amides is 1. The van der Waals surface area contributed by atoms with Gasteiger partial charge < -0.3 is 9.64 Å². The quantitative estimate of drug-likeness (QED) is 0.793. The molecule has 0 aliphatic carbocycles. The molecule has 0 spiro atoms. The van der Waals surface area contributed by atoms with Crippen LogP contribution in [-0.2, 0) is 4.79 Å². The average Bonchev–Trinajstić information content (AvgIpc) is 2.59. The summed E-state index contributed by atoms with van der Waals surface area (Å²) in [7, 11) is 0. The zero-order chi connectivity index (χ0) is 12.4. The largest absolute Gasteiger partial charge is 0.492 e. The molecule has 1 aromatic rings. The second-order valence-corrected chi connectivity index (χ2v) is 4.90. The van der Waals surface area contributed by atoms with Gasteiger partial charge >= 0.3 is 0 Å². The molecule has 1 unspecified atom stereocenters. The third kappa shape index (κ3) is 2.67. The number of rotatable bonds is 3. The highest BCUT2D eigenvalue weighted by molar-refractivity contribution is 6.31. The van der Waals surface area contributed by atoms with Gasteiger partial charge in [0, 0.05) is 24.1 Å². The molecule has 0 radical (unpaired) electrons. The second-order valence-electron chi connectivity index (χ2n) is 3.85. The zero-order valence-electron chi connectivity index (χ0n) is 9.45. The lowest BCUT2D eigenvalue weighted by Gasteiger charge is -2.19. The van der Waals surface area contributed by atoms with Crippen molar-refractivity contribution in [3.05, 3.63) is 23.2 Å². The van der Waals surface area contributed by atoms with Crippen molar-refractivity contribution in [3.63, 3.8) is 0 Å². The fourth-order valence-corrected chi connectivity index (χ4v) is 2.31. The minimum absolute atomic E-state index is 0.0216. The van der Waals surface area contributed by atoms with Gasteiger partial charge in [0.1, 0.15) is 5.75 Å². The van der Waals surface area contributed by atoms with Gasteiger partial charge in [-0.15, -0.1) is 11.6 Å². The van der Waals surface area contributed by atoms with Crippen molar-refractivity contribution in [2.24, 2.45) is 0 Å². The van der Waals surface area contributed by atoms with Gasteiger partial charge in [-0.3, -0.25) is 4.79 Å². The highest BCUT2D eigenvalue weighted by Gasteiger charge is 2.30. The molecule has 1 saturated heterocycles. The third-order valence-corrected chi connectivity index (χ3v) is 3.12. The van der Waals surface area contributed by atoms with Crippen LogP contribution in [-0.4, -0.2) is 24.4 Å². The number of ether oxygens (including phenoxy) is 1. The number of anilines is 1. The number of carbonyl (C=O) groups excluding carboxylic acids is 1. The summed E-state index contributed by atoms with van der Waals surface area (Å²) in [5.41, 5.74) is 0.740. The number of nitrogens with zero attached hydrogens (tertiary/aromatic N) is 1. The van der Waals surface area contributed by atoms with E-state index in [9.17, 15) is 4.79 Å². The van der Waals surface area contributed by atoms with Crippen LogP contribution in [0.1, 0.15) is 13.3 Å².